The van der Waals surface area contributed by atoms with E-state index in [-0.39, 0.29) is 66.5 Å². The number of phenols is 1. The fourth-order valence-corrected chi connectivity index (χ4v) is 14.2. The number of phenolic OH excluding ortho intramolecular Hbond substituents is 1. The van der Waals surface area contributed by atoms with E-state index in [0.29, 0.717) is 81.6 Å². The second kappa shape index (κ2) is 31.8. The highest BCUT2D eigenvalue weighted by Gasteiger charge is 2.48. The number of primary amides is 1. The number of nitrogens with one attached hydrogen (secondary N) is 9. The largest absolute Gasteiger partial charge is 0.508 e. The van der Waals surface area contributed by atoms with Gasteiger partial charge in [-0.05, 0) is 136 Å². The maximum absolute atomic E-state index is 15.0. The van der Waals surface area contributed by atoms with E-state index < -0.39 is 113 Å². The van der Waals surface area contributed by atoms with Gasteiger partial charge in [0.2, 0.25) is 47.3 Å². The lowest BCUT2D eigenvalue weighted by molar-refractivity contribution is -0.146. The SMILES string of the molecule is CC1NC(=O)[C@H](Cc2c[nH]c3ccc(F)cc23)NC(=O)[C@H](Cc2c[nH]c3ccc(F)cc23)NC(=O)[C@@H](C)NC(=O)[C@H](CCCCN)NC(=O)CCSCc2cccc(c2)CSC[C@@H](C(N)=O)NC(=O)[C@]2(C)CCCN2C(=O)[C@H](Cc2ccc(O)cc2)NC(=O)c2cnc1s2. The smallest absolute Gasteiger partial charge is 0.263 e. The molecule has 0 aliphatic carbocycles. The zero-order valence-corrected chi connectivity index (χ0v) is 54.6. The summed E-state index contributed by atoms with van der Waals surface area (Å²) < 4.78 is 29.7. The fourth-order valence-electron chi connectivity index (χ4n) is 11.4. The van der Waals surface area contributed by atoms with Gasteiger partial charge in [-0.3, -0.25) is 43.2 Å². The molecule has 23 nitrogen and oxygen atoms in total. The lowest BCUT2D eigenvalue weighted by Crippen LogP contribution is -2.62. The Morgan fingerprint density at radius 2 is 1.30 bits per heavy atom. The Morgan fingerprint density at radius 1 is 0.691 bits per heavy atom. The number of rotatable bonds is 11. The topological polar surface area (TPSA) is 358 Å². The Morgan fingerprint density at radius 3 is 1.94 bits per heavy atom. The lowest BCUT2D eigenvalue weighted by atomic mass is 9.95. The first-order chi connectivity index (χ1) is 45.0. The maximum Gasteiger partial charge on any atom is 0.263 e. The monoisotopic (exact) mass is 1350 g/mol. The Kier molecular flexibility index (Phi) is 23.5. The zero-order chi connectivity index (χ0) is 67.2. The normalized spacial score (nSPS) is 23.3. The average molecular weight is 1350 g/mol. The van der Waals surface area contributed by atoms with Crippen LogP contribution in [0.5, 0.6) is 5.75 Å². The summed E-state index contributed by atoms with van der Waals surface area (Å²) in [6, 6.07) is 13.3. The number of carbonyl (C=O) groups is 9. The number of amides is 9. The number of benzene rings is 4. The van der Waals surface area contributed by atoms with E-state index in [9.17, 15) is 57.0 Å². The molecule has 14 N–H and O–H groups in total. The molecule has 498 valence electrons. The van der Waals surface area contributed by atoms with E-state index in [4.69, 9.17) is 11.5 Å². The summed E-state index contributed by atoms with van der Waals surface area (Å²) in [6.45, 7) is 5.06. The van der Waals surface area contributed by atoms with Crippen LogP contribution >= 0.6 is 34.9 Å². The van der Waals surface area contributed by atoms with Gasteiger partial charge in [0.05, 0.1) is 12.2 Å². The molecule has 4 aromatic carbocycles. The molecule has 7 aromatic rings. The molecule has 0 radical (unpaired) electrons. The van der Waals surface area contributed by atoms with Gasteiger partial charge in [-0.25, -0.2) is 13.8 Å². The summed E-state index contributed by atoms with van der Waals surface area (Å²) >= 11 is 3.77. The van der Waals surface area contributed by atoms with E-state index in [0.717, 1.165) is 22.5 Å². The van der Waals surface area contributed by atoms with Crippen molar-refractivity contribution in [2.45, 2.75) is 138 Å². The molecule has 5 heterocycles. The number of H-pyrrole nitrogens is 2. The van der Waals surface area contributed by atoms with Crippen molar-refractivity contribution in [1.29, 1.82) is 0 Å². The summed E-state index contributed by atoms with van der Waals surface area (Å²) in [6.07, 6.45) is 5.76. The van der Waals surface area contributed by atoms with Crippen molar-refractivity contribution in [3.05, 3.63) is 153 Å². The number of thiazole rings is 1. The predicted molar refractivity (Wildman–Crippen MR) is 356 cm³/mol. The van der Waals surface area contributed by atoms with Crippen LogP contribution in [0.1, 0.15) is 108 Å². The van der Waals surface area contributed by atoms with Gasteiger partial charge in [0, 0.05) is 89.4 Å². The molecule has 3 aromatic heterocycles. The van der Waals surface area contributed by atoms with E-state index in [1.807, 2.05) is 24.3 Å². The number of nitrogens with zero attached hydrogens (tertiary/aromatic N) is 2. The number of aromatic hydroxyl groups is 1. The molecule has 28 heteroatoms. The van der Waals surface area contributed by atoms with E-state index in [2.05, 4.69) is 52.2 Å². The highest BCUT2D eigenvalue weighted by Crippen LogP contribution is 2.32. The first-order valence-corrected chi connectivity index (χ1v) is 34.1. The molecule has 9 amide bonds. The zero-order valence-electron chi connectivity index (χ0n) is 52.1. The number of fused-ring (bicyclic) bond motifs is 7. The summed E-state index contributed by atoms with van der Waals surface area (Å²) in [5.41, 5.74) is 14.6. The quantitative estimate of drug-likeness (QED) is 0.0750. The Bertz CT molecular complexity index is 3920. The van der Waals surface area contributed by atoms with Crippen molar-refractivity contribution in [3.8, 4) is 5.75 Å². The summed E-state index contributed by atoms with van der Waals surface area (Å²) in [4.78, 5) is 141. The van der Waals surface area contributed by atoms with Gasteiger partial charge >= 0.3 is 0 Å². The molecule has 94 heavy (non-hydrogen) atoms. The number of hydrogen-bond acceptors (Lipinski definition) is 15. The molecular formula is C66H77F2N13O10S3. The van der Waals surface area contributed by atoms with Gasteiger partial charge < -0.3 is 68.7 Å². The Labute approximate surface area is 553 Å². The lowest BCUT2D eigenvalue weighted by Gasteiger charge is -2.37. The number of halogens is 2. The van der Waals surface area contributed by atoms with Gasteiger partial charge in [0.15, 0.2) is 0 Å². The second-order valence-electron chi connectivity index (χ2n) is 23.8. The molecule has 2 aliphatic heterocycles. The Hall–Kier alpha value is -8.86. The first-order valence-electron chi connectivity index (χ1n) is 31.0. The number of hydrogen-bond donors (Lipinski definition) is 12. The fraction of sp³-hybridized carbons (Fsp3) is 0.394. The molecular weight excluding hydrogens is 1270 g/mol. The van der Waals surface area contributed by atoms with Crippen molar-refractivity contribution in [1.82, 2.24) is 57.1 Å². The molecule has 1 unspecified atom stereocenters. The van der Waals surface area contributed by atoms with E-state index >= 15 is 0 Å². The van der Waals surface area contributed by atoms with Crippen molar-refractivity contribution in [2.75, 3.05) is 24.6 Å². The van der Waals surface area contributed by atoms with Crippen LogP contribution in [0.25, 0.3) is 21.8 Å². The van der Waals surface area contributed by atoms with Crippen LogP contribution in [0.2, 0.25) is 0 Å². The summed E-state index contributed by atoms with van der Waals surface area (Å²) in [7, 11) is 0. The van der Waals surface area contributed by atoms with Crippen LogP contribution in [0.4, 0.5) is 8.78 Å². The molecule has 4 bridgehead atoms. The summed E-state index contributed by atoms with van der Waals surface area (Å²) in [5.74, 6) is -5.92. The third-order valence-corrected chi connectivity index (χ3v) is 20.0. The minimum Gasteiger partial charge on any atom is -0.508 e. The van der Waals surface area contributed by atoms with Crippen LogP contribution < -0.4 is 48.7 Å². The summed E-state index contributed by atoms with van der Waals surface area (Å²) in [5, 5.41) is 30.7. The van der Waals surface area contributed by atoms with Crippen molar-refractivity contribution < 1.29 is 57.0 Å². The van der Waals surface area contributed by atoms with Gasteiger partial charge in [-0.15, -0.1) is 11.3 Å². The third-order valence-electron chi connectivity index (χ3n) is 16.7. The van der Waals surface area contributed by atoms with Gasteiger partial charge in [-0.1, -0.05) is 36.4 Å². The van der Waals surface area contributed by atoms with Crippen LogP contribution in [-0.4, -0.2) is 145 Å². The molecule has 2 aliphatic rings. The number of aromatic amines is 2. The molecule has 0 spiro atoms. The van der Waals surface area contributed by atoms with Crippen molar-refractivity contribution in [3.63, 3.8) is 0 Å². The van der Waals surface area contributed by atoms with Gasteiger partial charge in [0.25, 0.3) is 5.91 Å². The van der Waals surface area contributed by atoms with Crippen LogP contribution in [0, 0.1) is 11.6 Å². The molecule has 8 atom stereocenters. The van der Waals surface area contributed by atoms with E-state index in [1.54, 1.807) is 38.4 Å². The molecule has 9 rings (SSSR count). The second-order valence-corrected chi connectivity index (χ2v) is 27.0. The maximum atomic E-state index is 15.0. The van der Waals surface area contributed by atoms with Crippen LogP contribution in [-0.2, 0) is 69.1 Å². The van der Waals surface area contributed by atoms with Crippen LogP contribution in [0.15, 0.2) is 104 Å². The third kappa shape index (κ3) is 17.9. The average Bonchev–Trinajstić information content (AvgIpc) is 1.60. The number of unbranched alkanes of at least 4 members (excludes halogenated alkanes) is 1. The molecule has 1 saturated heterocycles. The van der Waals surface area contributed by atoms with Gasteiger partial charge in [0.1, 0.15) is 69.1 Å². The van der Waals surface area contributed by atoms with Gasteiger partial charge in [-0.2, -0.15) is 23.5 Å². The van der Waals surface area contributed by atoms with Crippen LogP contribution in [0.3, 0.4) is 0 Å². The molecule has 1 fully saturated rings. The predicted octanol–water partition coefficient (Wildman–Crippen LogP) is 5.10. The Balaban J connectivity index is 1.02. The van der Waals surface area contributed by atoms with E-state index in [1.165, 1.54) is 90.1 Å². The highest BCUT2D eigenvalue weighted by atomic mass is 32.2. The number of thioether (sulfide) groups is 2. The van der Waals surface area contributed by atoms with Crippen molar-refractivity contribution >= 4 is 110 Å². The highest BCUT2D eigenvalue weighted by molar-refractivity contribution is 7.98. The minimum atomic E-state index is -1.49. The standard InChI is InChI=1S/C66H77F2N13O10S3/c1-36-58(85)77-52(27-42-31-72-49-18-14-44(68)29-47(42)49)61(88)78-51(26-41-30-71-48-17-13-43(67)28-46(41)48)60(87)75-37(2)63-73-32-55(94-63)62(89)79-53(25-38-11-15-45(82)16-12-38)64(90)81-22-7-20-66(81,3)65(91)80-54(57(70)84)35-93-34-40-9-6-8-39(24-40)33-92-23-19-56(83)76-50(59(86)74-36)10-4-5-21-69/h6,8-9,11-18,24,28-32,36-37,50-54,71-72,82H,4-5,7,10,19-23,25-27,33-35,69H2,1-3H3,(H2,70,84)(H,74,86)(H,75,87)(H,76,83)(H,77,85)(H,78,88)(H,79,89)(H,80,91)/t36-,37?,50+,51+,52+,53+,54+,66+/m1/s1. The first kappa shape index (κ1) is 69.5. The number of nitrogens with two attached hydrogens (primary N) is 2. The molecule has 0 saturated carbocycles. The van der Waals surface area contributed by atoms with Crippen molar-refractivity contribution in [2.24, 2.45) is 11.5 Å². The number of carbonyl (C=O) groups excluding carboxylic acids is 9. The minimum absolute atomic E-state index is 0.0293. The number of aromatic nitrogens is 3.